The lowest BCUT2D eigenvalue weighted by molar-refractivity contribution is -0.118. The Morgan fingerprint density at radius 2 is 1.30 bits per heavy atom. The quantitative estimate of drug-likeness (QED) is 0.0927. The lowest BCUT2D eigenvalue weighted by atomic mass is 9.83. The van der Waals surface area contributed by atoms with Crippen LogP contribution in [0.1, 0.15) is 150 Å². The summed E-state index contributed by atoms with van der Waals surface area (Å²) in [6.45, 7) is 6.34. The number of esters is 2. The van der Waals surface area contributed by atoms with E-state index in [1.54, 1.807) is 36.4 Å². The molecule has 0 saturated carbocycles. The fraction of sp³-hybridized carbons (Fsp3) is 0.553. The summed E-state index contributed by atoms with van der Waals surface area (Å²) in [5.74, 6) is -0.0961. The van der Waals surface area contributed by atoms with E-state index in [4.69, 9.17) is 9.47 Å². The van der Waals surface area contributed by atoms with Crippen molar-refractivity contribution in [2.24, 2.45) is 5.92 Å². The molecule has 0 heterocycles. The number of hydrogen-bond donors (Lipinski definition) is 0. The second kappa shape index (κ2) is 19.1. The van der Waals surface area contributed by atoms with Crippen molar-refractivity contribution in [1.29, 1.82) is 0 Å². The van der Waals surface area contributed by atoms with Crippen LogP contribution < -0.4 is 4.74 Å². The van der Waals surface area contributed by atoms with Crippen LogP contribution >= 0.6 is 0 Å². The molecule has 0 fully saturated rings. The van der Waals surface area contributed by atoms with Gasteiger partial charge >= 0.3 is 11.9 Å². The van der Waals surface area contributed by atoms with Crippen LogP contribution in [0.25, 0.3) is 5.57 Å². The van der Waals surface area contributed by atoms with Gasteiger partial charge in [-0.3, -0.25) is 4.79 Å². The average molecular weight is 589 g/mol. The van der Waals surface area contributed by atoms with Crippen molar-refractivity contribution >= 4 is 23.3 Å². The van der Waals surface area contributed by atoms with E-state index in [2.05, 4.69) is 13.8 Å². The molecule has 0 bridgehead atoms. The van der Waals surface area contributed by atoms with Gasteiger partial charge in [-0.25, -0.2) is 9.59 Å². The van der Waals surface area contributed by atoms with E-state index >= 15 is 0 Å². The molecule has 0 aliphatic heterocycles. The fourth-order valence-electron chi connectivity index (χ4n) is 5.69. The lowest BCUT2D eigenvalue weighted by Crippen LogP contribution is -2.17. The minimum absolute atomic E-state index is 0.131. The molecule has 2 unspecified atom stereocenters. The summed E-state index contributed by atoms with van der Waals surface area (Å²) in [4.78, 5) is 38.0. The maximum atomic E-state index is 12.8. The number of ether oxygens (including phenoxy) is 2. The van der Waals surface area contributed by atoms with Crippen LogP contribution in [0.2, 0.25) is 0 Å². The molecule has 5 nitrogen and oxygen atoms in total. The molecular weight excluding hydrogens is 536 g/mol. The highest BCUT2D eigenvalue weighted by Crippen LogP contribution is 2.31. The molecule has 0 spiro atoms. The molecule has 0 saturated heterocycles. The molecule has 5 heteroatoms. The third kappa shape index (κ3) is 12.1. The predicted molar refractivity (Wildman–Crippen MR) is 174 cm³/mol. The van der Waals surface area contributed by atoms with E-state index < -0.39 is 5.97 Å². The molecule has 0 radical (unpaired) electrons. The van der Waals surface area contributed by atoms with Gasteiger partial charge in [0.1, 0.15) is 5.75 Å². The SMILES string of the molecule is CCCCCCCCCCC1CCC(c2ccc(C(=O)Oc3ccc(C(=O)OC(C)CCCCCC)cc3)cc2)=CC1=O. The fourth-order valence-corrected chi connectivity index (χ4v) is 5.69. The van der Waals surface area contributed by atoms with Crippen molar-refractivity contribution in [3.05, 3.63) is 71.3 Å². The van der Waals surface area contributed by atoms with Crippen molar-refractivity contribution in [3.63, 3.8) is 0 Å². The summed E-state index contributed by atoms with van der Waals surface area (Å²) in [5, 5.41) is 0. The Labute approximate surface area is 259 Å². The molecule has 1 aliphatic rings. The van der Waals surface area contributed by atoms with E-state index in [1.807, 2.05) is 25.1 Å². The third-order valence-electron chi connectivity index (χ3n) is 8.45. The van der Waals surface area contributed by atoms with Crippen LogP contribution in [-0.4, -0.2) is 23.8 Å². The number of carbonyl (C=O) groups is 3. The molecule has 2 aromatic carbocycles. The minimum atomic E-state index is -0.471. The summed E-state index contributed by atoms with van der Waals surface area (Å²) in [6.07, 6.45) is 20.1. The smallest absolute Gasteiger partial charge is 0.343 e. The van der Waals surface area contributed by atoms with Gasteiger partial charge in [-0.1, -0.05) is 96.6 Å². The highest BCUT2D eigenvalue weighted by molar-refractivity contribution is 6.00. The number of rotatable bonds is 19. The van der Waals surface area contributed by atoms with Gasteiger partial charge in [0.05, 0.1) is 17.2 Å². The van der Waals surface area contributed by atoms with Crippen molar-refractivity contribution in [3.8, 4) is 5.75 Å². The van der Waals surface area contributed by atoms with E-state index in [1.165, 1.54) is 57.8 Å². The van der Waals surface area contributed by atoms with Crippen molar-refractivity contribution < 1.29 is 23.9 Å². The Kier molecular flexibility index (Phi) is 15.3. The molecular formula is C38H52O5. The molecule has 3 rings (SSSR count). The van der Waals surface area contributed by atoms with Crippen molar-refractivity contribution in [2.75, 3.05) is 0 Å². The van der Waals surface area contributed by atoms with Crippen LogP contribution in [0.3, 0.4) is 0 Å². The molecule has 0 aromatic heterocycles. The Bertz CT molecular complexity index is 1160. The Hall–Kier alpha value is -3.21. The maximum absolute atomic E-state index is 12.8. The van der Waals surface area contributed by atoms with Crippen LogP contribution in [0.4, 0.5) is 0 Å². The van der Waals surface area contributed by atoms with Crippen molar-refractivity contribution in [2.45, 2.75) is 130 Å². The normalized spacial score (nSPS) is 15.6. The van der Waals surface area contributed by atoms with Gasteiger partial charge in [-0.15, -0.1) is 0 Å². The first-order valence-electron chi connectivity index (χ1n) is 16.8. The van der Waals surface area contributed by atoms with Gasteiger partial charge in [0, 0.05) is 5.92 Å². The number of carbonyl (C=O) groups excluding carboxylic acids is 3. The van der Waals surface area contributed by atoms with Crippen LogP contribution in [0.5, 0.6) is 5.75 Å². The van der Waals surface area contributed by atoms with Gasteiger partial charge in [0.25, 0.3) is 0 Å². The first-order valence-corrected chi connectivity index (χ1v) is 16.8. The van der Waals surface area contributed by atoms with Gasteiger partial charge in [-0.05, 0) is 92.6 Å². The Balaban J connectivity index is 1.42. The predicted octanol–water partition coefficient (Wildman–Crippen LogP) is 10.3. The van der Waals surface area contributed by atoms with Gasteiger partial charge < -0.3 is 9.47 Å². The standard InChI is InChI=1S/C38H52O5/c1-4-6-8-10-11-12-13-15-17-31-20-23-34(28-36(31)39)30-18-21-32(22-19-30)38(41)43-35-26-24-33(25-27-35)37(40)42-29(3)16-14-9-7-5-2/h18-19,21-22,24-29,31H,4-17,20,23H2,1-3H3. The second-order valence-electron chi connectivity index (χ2n) is 12.1. The number of unbranched alkanes of at least 4 members (excludes halogenated alkanes) is 10. The lowest BCUT2D eigenvalue weighted by Gasteiger charge is -2.21. The van der Waals surface area contributed by atoms with Gasteiger partial charge in [-0.2, -0.15) is 0 Å². The summed E-state index contributed by atoms with van der Waals surface area (Å²) >= 11 is 0. The molecule has 1 aliphatic carbocycles. The molecule has 2 atom stereocenters. The zero-order chi connectivity index (χ0) is 30.9. The van der Waals surface area contributed by atoms with Crippen LogP contribution in [-0.2, 0) is 9.53 Å². The maximum Gasteiger partial charge on any atom is 0.343 e. The number of benzene rings is 2. The van der Waals surface area contributed by atoms with Crippen LogP contribution in [0.15, 0.2) is 54.6 Å². The van der Waals surface area contributed by atoms with E-state index in [0.29, 0.717) is 16.9 Å². The summed E-state index contributed by atoms with van der Waals surface area (Å²) < 4.78 is 11.1. The first-order chi connectivity index (χ1) is 20.9. The summed E-state index contributed by atoms with van der Waals surface area (Å²) in [7, 11) is 0. The van der Waals surface area contributed by atoms with Crippen molar-refractivity contribution in [1.82, 2.24) is 0 Å². The highest BCUT2D eigenvalue weighted by atomic mass is 16.5. The van der Waals surface area contributed by atoms with E-state index in [-0.39, 0.29) is 23.8 Å². The Morgan fingerprint density at radius 1 is 0.744 bits per heavy atom. The van der Waals surface area contributed by atoms with E-state index in [9.17, 15) is 14.4 Å². The topological polar surface area (TPSA) is 69.7 Å². The minimum Gasteiger partial charge on any atom is -0.459 e. The number of hydrogen-bond acceptors (Lipinski definition) is 5. The average Bonchev–Trinajstić information content (AvgIpc) is 3.01. The monoisotopic (exact) mass is 588 g/mol. The molecule has 234 valence electrons. The van der Waals surface area contributed by atoms with E-state index in [0.717, 1.165) is 56.1 Å². The zero-order valence-electron chi connectivity index (χ0n) is 26.7. The van der Waals surface area contributed by atoms with Gasteiger partial charge in [0.15, 0.2) is 5.78 Å². The molecule has 0 amide bonds. The molecule has 0 N–H and O–H groups in total. The third-order valence-corrected chi connectivity index (χ3v) is 8.45. The number of allylic oxidation sites excluding steroid dienone is 2. The highest BCUT2D eigenvalue weighted by Gasteiger charge is 2.23. The van der Waals surface area contributed by atoms with Gasteiger partial charge in [0.2, 0.25) is 0 Å². The Morgan fingerprint density at radius 3 is 1.93 bits per heavy atom. The summed E-state index contributed by atoms with van der Waals surface area (Å²) in [6, 6.07) is 13.7. The summed E-state index contributed by atoms with van der Waals surface area (Å²) in [5.41, 5.74) is 2.87. The second-order valence-corrected chi connectivity index (χ2v) is 12.1. The zero-order valence-corrected chi connectivity index (χ0v) is 26.7. The molecule has 43 heavy (non-hydrogen) atoms. The first kappa shape index (κ1) is 34.3. The number of ketones is 1. The molecule has 2 aromatic rings. The van der Waals surface area contributed by atoms with Crippen LogP contribution in [0, 0.1) is 5.92 Å². The largest absolute Gasteiger partial charge is 0.459 e.